The summed E-state index contributed by atoms with van der Waals surface area (Å²) < 4.78 is 1.49. The molecule has 0 saturated carbocycles. The van der Waals surface area contributed by atoms with E-state index in [4.69, 9.17) is 5.73 Å². The third-order valence-corrected chi connectivity index (χ3v) is 9.40. The molecular weight excluding hydrogens is 608 g/mol. The second-order valence-electron chi connectivity index (χ2n) is 10.6. The van der Waals surface area contributed by atoms with Crippen LogP contribution in [0.2, 0.25) is 0 Å². The van der Waals surface area contributed by atoms with Gasteiger partial charge in [0, 0.05) is 27.9 Å². The maximum Gasteiger partial charge on any atom is 0.234 e. The predicted molar refractivity (Wildman–Crippen MR) is 162 cm³/mol. The highest BCUT2D eigenvalue weighted by Crippen LogP contribution is 2.50. The highest BCUT2D eigenvalue weighted by Gasteiger charge is 2.45. The Morgan fingerprint density at radius 2 is 1.90 bits per heavy atom. The van der Waals surface area contributed by atoms with Crippen molar-refractivity contribution < 1.29 is 9.59 Å². The molecule has 2 heterocycles. The minimum Gasteiger partial charge on any atom is -0.384 e. The fourth-order valence-electron chi connectivity index (χ4n) is 5.03. The minimum atomic E-state index is -0.555. The summed E-state index contributed by atoms with van der Waals surface area (Å²) in [5.74, 6) is -0.319. The Balaban J connectivity index is 1.46. The zero-order valence-corrected chi connectivity index (χ0v) is 25.4. The van der Waals surface area contributed by atoms with Gasteiger partial charge in [-0.05, 0) is 48.6 Å². The van der Waals surface area contributed by atoms with Gasteiger partial charge in [-0.2, -0.15) is 5.26 Å². The van der Waals surface area contributed by atoms with Gasteiger partial charge < -0.3 is 11.1 Å². The van der Waals surface area contributed by atoms with Crippen LogP contribution in [-0.2, 0) is 9.59 Å². The SMILES string of the molecule is Cc1ccc(NC(=O)CSc2nnc(N3C(N)=C(C#N)C(c4ccc(Br)cc4)C4=C3CC(C)(C)CC4=O)s2)cc1. The van der Waals surface area contributed by atoms with Gasteiger partial charge in [-0.1, -0.05) is 82.7 Å². The molecule has 0 fully saturated rings. The summed E-state index contributed by atoms with van der Waals surface area (Å²) in [6, 6.07) is 17.5. The maximum absolute atomic E-state index is 13.6. The molecule has 0 saturated heterocycles. The molecular formula is C29H27BrN6O2S2. The van der Waals surface area contributed by atoms with Gasteiger partial charge in [-0.3, -0.25) is 14.5 Å². The normalized spacial score (nSPS) is 18.4. The molecule has 1 aliphatic heterocycles. The van der Waals surface area contributed by atoms with E-state index in [1.165, 1.54) is 23.1 Å². The lowest BCUT2D eigenvalue weighted by molar-refractivity contribution is -0.118. The first-order valence-electron chi connectivity index (χ1n) is 12.6. The van der Waals surface area contributed by atoms with E-state index in [0.29, 0.717) is 33.5 Å². The van der Waals surface area contributed by atoms with Crippen molar-refractivity contribution in [3.05, 3.63) is 86.8 Å². The zero-order valence-electron chi connectivity index (χ0n) is 22.2. The number of thioether (sulfide) groups is 1. The molecule has 8 nitrogen and oxygen atoms in total. The molecule has 5 rings (SSSR count). The molecule has 2 aromatic carbocycles. The van der Waals surface area contributed by atoms with Crippen LogP contribution in [0, 0.1) is 23.7 Å². The molecule has 40 heavy (non-hydrogen) atoms. The van der Waals surface area contributed by atoms with Crippen LogP contribution in [0.4, 0.5) is 10.8 Å². The Morgan fingerprint density at radius 3 is 2.58 bits per heavy atom. The van der Waals surface area contributed by atoms with Crippen LogP contribution in [0.1, 0.15) is 43.7 Å². The number of rotatable bonds is 6. The number of nitrogens with zero attached hydrogens (tertiary/aromatic N) is 4. The quantitative estimate of drug-likeness (QED) is 0.303. The average Bonchev–Trinajstić information content (AvgIpc) is 3.36. The van der Waals surface area contributed by atoms with Crippen LogP contribution in [0.15, 0.2) is 80.0 Å². The van der Waals surface area contributed by atoms with Gasteiger partial charge in [0.15, 0.2) is 10.1 Å². The Morgan fingerprint density at radius 1 is 1.20 bits per heavy atom. The molecule has 1 amide bonds. The van der Waals surface area contributed by atoms with Crippen LogP contribution in [0.3, 0.4) is 0 Å². The van der Waals surface area contributed by atoms with Crippen molar-refractivity contribution in [3.63, 3.8) is 0 Å². The number of ketones is 1. The summed E-state index contributed by atoms with van der Waals surface area (Å²) in [6.07, 6.45) is 0.958. The van der Waals surface area contributed by atoms with Crippen molar-refractivity contribution in [1.82, 2.24) is 10.2 Å². The van der Waals surface area contributed by atoms with Crippen LogP contribution >= 0.6 is 39.0 Å². The average molecular weight is 636 g/mol. The molecule has 0 spiro atoms. The van der Waals surface area contributed by atoms with Crippen LogP contribution < -0.4 is 16.0 Å². The van der Waals surface area contributed by atoms with Gasteiger partial charge in [-0.25, -0.2) is 0 Å². The second-order valence-corrected chi connectivity index (χ2v) is 13.7. The van der Waals surface area contributed by atoms with Gasteiger partial charge in [0.2, 0.25) is 11.0 Å². The number of nitrogens with two attached hydrogens (primary N) is 1. The van der Waals surface area contributed by atoms with E-state index in [0.717, 1.165) is 27.0 Å². The summed E-state index contributed by atoms with van der Waals surface area (Å²) >= 11 is 6.00. The Labute approximate surface area is 249 Å². The van der Waals surface area contributed by atoms with Crippen molar-refractivity contribution in [1.29, 1.82) is 5.26 Å². The fraction of sp³-hybridized carbons (Fsp3) is 0.276. The van der Waals surface area contributed by atoms with Gasteiger partial charge in [-0.15, -0.1) is 10.2 Å². The van der Waals surface area contributed by atoms with Crippen molar-refractivity contribution in [2.24, 2.45) is 11.1 Å². The van der Waals surface area contributed by atoms with E-state index < -0.39 is 5.92 Å². The van der Waals surface area contributed by atoms with E-state index in [1.54, 1.807) is 4.90 Å². The number of halogens is 1. The number of amides is 1. The summed E-state index contributed by atoms with van der Waals surface area (Å²) in [6.45, 7) is 6.09. The molecule has 3 N–H and O–H groups in total. The topological polar surface area (TPSA) is 125 Å². The molecule has 1 aliphatic carbocycles. The lowest BCUT2D eigenvalue weighted by Gasteiger charge is -2.42. The second kappa shape index (κ2) is 11.2. The van der Waals surface area contributed by atoms with Gasteiger partial charge in [0.25, 0.3) is 0 Å². The van der Waals surface area contributed by atoms with Crippen molar-refractivity contribution in [3.8, 4) is 6.07 Å². The summed E-state index contributed by atoms with van der Waals surface area (Å²) in [5, 5.41) is 22.2. The van der Waals surface area contributed by atoms with Crippen LogP contribution in [0.5, 0.6) is 0 Å². The van der Waals surface area contributed by atoms with Crippen molar-refractivity contribution in [2.75, 3.05) is 16.0 Å². The number of carbonyl (C=O) groups is 2. The van der Waals surface area contributed by atoms with Crippen molar-refractivity contribution >= 4 is 61.5 Å². The number of hydrogen-bond donors (Lipinski definition) is 2. The number of nitrogens with one attached hydrogen (secondary N) is 1. The number of aryl methyl sites for hydroxylation is 1. The van der Waals surface area contributed by atoms with Crippen LogP contribution in [0.25, 0.3) is 0 Å². The molecule has 204 valence electrons. The lowest BCUT2D eigenvalue weighted by Crippen LogP contribution is -2.42. The van der Waals surface area contributed by atoms with E-state index >= 15 is 0 Å². The molecule has 3 aromatic rings. The van der Waals surface area contributed by atoms with Gasteiger partial charge >= 0.3 is 0 Å². The molecule has 0 bridgehead atoms. The monoisotopic (exact) mass is 634 g/mol. The molecule has 2 aliphatic rings. The molecule has 1 unspecified atom stereocenters. The lowest BCUT2D eigenvalue weighted by atomic mass is 9.69. The first-order valence-corrected chi connectivity index (χ1v) is 15.2. The predicted octanol–water partition coefficient (Wildman–Crippen LogP) is 6.28. The largest absolute Gasteiger partial charge is 0.384 e. The van der Waals surface area contributed by atoms with E-state index in [9.17, 15) is 14.9 Å². The third-order valence-electron chi connectivity index (χ3n) is 6.83. The fourth-order valence-corrected chi connectivity index (χ4v) is 6.97. The minimum absolute atomic E-state index is 0.00342. The van der Waals surface area contributed by atoms with Crippen molar-refractivity contribution in [2.45, 2.75) is 43.9 Å². The standard InChI is InChI=1S/C29H27BrN6O2S2/c1-16-4-10-19(11-5-16)33-23(38)15-39-28-35-34-27(40-28)36-21-12-29(2,3)13-22(37)25(21)24(20(14-31)26(36)32)17-6-8-18(30)9-7-17/h4-11,24H,12-13,15,32H2,1-3H3,(H,33,38). The summed E-state index contributed by atoms with van der Waals surface area (Å²) in [5.41, 5.74) is 10.7. The number of anilines is 2. The first kappa shape index (κ1) is 28.1. The number of allylic oxidation sites excluding steroid dienone is 3. The van der Waals surface area contributed by atoms with Gasteiger partial charge in [0.05, 0.1) is 23.3 Å². The molecule has 0 radical (unpaired) electrons. The Bertz CT molecular complexity index is 1590. The number of Topliss-reactive ketones (excluding diaryl/α,β-unsaturated/α-hetero) is 1. The van der Waals surface area contributed by atoms with E-state index in [2.05, 4.69) is 51.4 Å². The summed E-state index contributed by atoms with van der Waals surface area (Å²) in [7, 11) is 0. The number of aromatic nitrogens is 2. The van der Waals surface area contributed by atoms with Gasteiger partial charge in [0.1, 0.15) is 5.82 Å². The number of hydrogen-bond acceptors (Lipinski definition) is 9. The Hall–Kier alpha value is -3.46. The maximum atomic E-state index is 13.6. The highest BCUT2D eigenvalue weighted by molar-refractivity contribution is 9.10. The molecule has 11 heteroatoms. The first-order chi connectivity index (χ1) is 19.1. The smallest absolute Gasteiger partial charge is 0.234 e. The Kier molecular flexibility index (Phi) is 7.86. The number of carbonyl (C=O) groups excluding carboxylic acids is 2. The zero-order chi connectivity index (χ0) is 28.6. The van der Waals surface area contributed by atoms with E-state index in [1.807, 2.05) is 55.5 Å². The number of benzene rings is 2. The van der Waals surface area contributed by atoms with E-state index in [-0.39, 0.29) is 28.7 Å². The highest BCUT2D eigenvalue weighted by atomic mass is 79.9. The third kappa shape index (κ3) is 5.70. The summed E-state index contributed by atoms with van der Waals surface area (Å²) in [4.78, 5) is 27.9. The number of nitriles is 1. The molecule has 1 aromatic heterocycles. The molecule has 1 atom stereocenters. The van der Waals surface area contributed by atoms with Crippen LogP contribution in [-0.4, -0.2) is 27.6 Å².